The summed E-state index contributed by atoms with van der Waals surface area (Å²) in [6.45, 7) is 0.547. The van der Waals surface area contributed by atoms with Crippen LogP contribution >= 0.6 is 0 Å². The summed E-state index contributed by atoms with van der Waals surface area (Å²) in [4.78, 5) is 14.2. The number of aromatic nitrogens is 1. The van der Waals surface area contributed by atoms with Crippen molar-refractivity contribution in [3.05, 3.63) is 52.5 Å². The van der Waals surface area contributed by atoms with Crippen molar-refractivity contribution >= 4 is 16.6 Å². The number of non-ortho nitro benzene ring substituents is 1. The summed E-state index contributed by atoms with van der Waals surface area (Å²) in [5.74, 6) is -0.582. The van der Waals surface area contributed by atoms with Gasteiger partial charge in [-0.15, -0.1) is 0 Å². The summed E-state index contributed by atoms with van der Waals surface area (Å²) in [7, 11) is 0. The molecule has 8 nitrogen and oxygen atoms in total. The first-order chi connectivity index (χ1) is 12.5. The van der Waals surface area contributed by atoms with Gasteiger partial charge in [0, 0.05) is 18.3 Å². The maximum absolute atomic E-state index is 14.2. The van der Waals surface area contributed by atoms with Crippen LogP contribution in [0.2, 0.25) is 0 Å². The van der Waals surface area contributed by atoms with Gasteiger partial charge >= 0.3 is 0 Å². The lowest BCUT2D eigenvalue weighted by Crippen LogP contribution is -2.15. The van der Waals surface area contributed by atoms with E-state index in [1.165, 1.54) is 24.4 Å². The lowest BCUT2D eigenvalue weighted by Gasteiger charge is -2.21. The van der Waals surface area contributed by atoms with Gasteiger partial charge in [0.25, 0.3) is 5.69 Å². The van der Waals surface area contributed by atoms with Gasteiger partial charge < -0.3 is 19.3 Å². The van der Waals surface area contributed by atoms with Crippen molar-refractivity contribution < 1.29 is 28.6 Å². The fourth-order valence-electron chi connectivity index (χ4n) is 2.68. The van der Waals surface area contributed by atoms with E-state index in [1.807, 2.05) is 0 Å². The number of nitrogens with zero attached hydrogens (tertiary/aromatic N) is 2. The van der Waals surface area contributed by atoms with Crippen LogP contribution in [0.15, 0.2) is 36.5 Å². The average molecular weight is 358 g/mol. The van der Waals surface area contributed by atoms with Crippen molar-refractivity contribution in [2.75, 3.05) is 13.2 Å². The molecule has 0 radical (unpaired) electrons. The minimum atomic E-state index is -0.881. The van der Waals surface area contributed by atoms with E-state index in [4.69, 9.17) is 14.2 Å². The van der Waals surface area contributed by atoms with E-state index in [9.17, 15) is 19.6 Å². The van der Waals surface area contributed by atoms with Gasteiger partial charge in [-0.1, -0.05) is 0 Å². The number of aromatic hydroxyl groups is 1. The van der Waals surface area contributed by atoms with Crippen LogP contribution in [-0.2, 0) is 0 Å². The normalized spacial score (nSPS) is 12.8. The Balaban J connectivity index is 1.84. The minimum Gasteiger partial charge on any atom is -0.504 e. The number of halogens is 1. The molecule has 0 aliphatic carbocycles. The van der Waals surface area contributed by atoms with E-state index in [0.717, 1.165) is 12.1 Å². The number of rotatable bonds is 3. The van der Waals surface area contributed by atoms with Crippen molar-refractivity contribution in [1.82, 2.24) is 4.98 Å². The van der Waals surface area contributed by atoms with Crippen LogP contribution < -0.4 is 14.2 Å². The number of fused-ring (bicyclic) bond motifs is 3. The van der Waals surface area contributed by atoms with E-state index in [0.29, 0.717) is 10.9 Å². The Morgan fingerprint density at radius 3 is 2.65 bits per heavy atom. The predicted octanol–water partition coefficient (Wildman–Crippen LogP) is 3.55. The summed E-state index contributed by atoms with van der Waals surface area (Å²) in [5, 5.41) is 21.2. The molecule has 0 unspecified atom stereocenters. The Bertz CT molecular complexity index is 1040. The Kier molecular flexibility index (Phi) is 3.68. The van der Waals surface area contributed by atoms with Crippen LogP contribution in [0.1, 0.15) is 0 Å². The standard InChI is InChI=1S/C17H11FN2O6/c18-10-7-9(20(22)23)1-2-13(10)26-14-3-4-19-11-8-12(21)16-17(15(11)14)25-6-5-24-16/h1-4,7-8,21H,5-6H2. The number of pyridine rings is 1. The molecule has 0 fully saturated rings. The quantitative estimate of drug-likeness (QED) is 0.564. The van der Waals surface area contributed by atoms with Crippen LogP contribution in [0.3, 0.4) is 0 Å². The zero-order chi connectivity index (χ0) is 18.3. The third kappa shape index (κ3) is 2.59. The molecule has 1 aromatic heterocycles. The van der Waals surface area contributed by atoms with Crippen molar-refractivity contribution in [3.8, 4) is 28.7 Å². The Hall–Kier alpha value is -3.62. The van der Waals surface area contributed by atoms with Crippen molar-refractivity contribution in [1.29, 1.82) is 0 Å². The minimum absolute atomic E-state index is 0.127. The van der Waals surface area contributed by atoms with Gasteiger partial charge in [0.1, 0.15) is 19.0 Å². The first kappa shape index (κ1) is 15.9. The molecule has 1 aliphatic rings. The van der Waals surface area contributed by atoms with E-state index in [1.54, 1.807) is 0 Å². The van der Waals surface area contributed by atoms with Gasteiger partial charge in [0.15, 0.2) is 23.1 Å². The molecule has 9 heteroatoms. The molecule has 0 amide bonds. The number of benzene rings is 2. The molecule has 2 heterocycles. The zero-order valence-electron chi connectivity index (χ0n) is 13.1. The molecule has 1 aliphatic heterocycles. The number of hydrogen-bond acceptors (Lipinski definition) is 7. The SMILES string of the molecule is O=[N+]([O-])c1ccc(Oc2ccnc3cc(O)c4c(c23)OCCO4)c(F)c1. The van der Waals surface area contributed by atoms with Crippen molar-refractivity contribution in [3.63, 3.8) is 0 Å². The molecular weight excluding hydrogens is 347 g/mol. The topological polar surface area (TPSA) is 104 Å². The van der Waals surface area contributed by atoms with E-state index in [-0.39, 0.29) is 47.6 Å². The lowest BCUT2D eigenvalue weighted by atomic mass is 10.1. The highest BCUT2D eigenvalue weighted by molar-refractivity contribution is 5.95. The first-order valence-corrected chi connectivity index (χ1v) is 7.56. The van der Waals surface area contributed by atoms with E-state index in [2.05, 4.69) is 4.98 Å². The van der Waals surface area contributed by atoms with Gasteiger partial charge in [0.2, 0.25) is 5.75 Å². The molecule has 0 spiro atoms. The van der Waals surface area contributed by atoms with Crippen molar-refractivity contribution in [2.45, 2.75) is 0 Å². The maximum atomic E-state index is 14.2. The molecule has 3 aromatic rings. The summed E-state index contributed by atoms with van der Waals surface area (Å²) >= 11 is 0. The molecular formula is C17H11FN2O6. The molecule has 132 valence electrons. The lowest BCUT2D eigenvalue weighted by molar-refractivity contribution is -0.385. The van der Waals surface area contributed by atoms with E-state index < -0.39 is 10.7 Å². The molecule has 4 rings (SSSR count). The molecule has 2 aromatic carbocycles. The fraction of sp³-hybridized carbons (Fsp3) is 0.118. The Morgan fingerprint density at radius 1 is 1.15 bits per heavy atom. The maximum Gasteiger partial charge on any atom is 0.272 e. The van der Waals surface area contributed by atoms with Gasteiger partial charge in [-0.25, -0.2) is 4.39 Å². The highest BCUT2D eigenvalue weighted by Crippen LogP contribution is 2.47. The van der Waals surface area contributed by atoms with Gasteiger partial charge in [-0.05, 0) is 12.1 Å². The van der Waals surface area contributed by atoms with E-state index >= 15 is 0 Å². The largest absolute Gasteiger partial charge is 0.504 e. The second-order valence-electron chi connectivity index (χ2n) is 5.43. The molecule has 0 atom stereocenters. The number of phenols is 1. The first-order valence-electron chi connectivity index (χ1n) is 7.56. The third-order valence-electron chi connectivity index (χ3n) is 3.80. The molecule has 1 N–H and O–H groups in total. The average Bonchev–Trinajstić information content (AvgIpc) is 2.63. The molecule has 26 heavy (non-hydrogen) atoms. The van der Waals surface area contributed by atoms with Crippen molar-refractivity contribution in [2.24, 2.45) is 0 Å². The van der Waals surface area contributed by atoms with Gasteiger partial charge in [0.05, 0.1) is 21.9 Å². The summed E-state index contributed by atoms with van der Waals surface area (Å²) in [6, 6.07) is 5.98. The Labute approximate surface area is 145 Å². The second kappa shape index (κ2) is 6.03. The smallest absolute Gasteiger partial charge is 0.272 e. The molecule has 0 saturated heterocycles. The summed E-state index contributed by atoms with van der Waals surface area (Å²) < 4.78 is 30.8. The zero-order valence-corrected chi connectivity index (χ0v) is 13.1. The van der Waals surface area contributed by atoms with Crippen LogP contribution in [0.5, 0.6) is 28.7 Å². The van der Waals surface area contributed by atoms with Crippen LogP contribution in [0.25, 0.3) is 10.9 Å². The molecule has 0 bridgehead atoms. The third-order valence-corrected chi connectivity index (χ3v) is 3.80. The number of hydrogen-bond donors (Lipinski definition) is 1. The number of ether oxygens (including phenoxy) is 3. The number of nitro benzene ring substituents is 1. The van der Waals surface area contributed by atoms with Crippen LogP contribution in [0, 0.1) is 15.9 Å². The number of phenolic OH excluding ortho intramolecular Hbond substituents is 1. The predicted molar refractivity (Wildman–Crippen MR) is 87.5 cm³/mol. The fourth-order valence-corrected chi connectivity index (χ4v) is 2.68. The Morgan fingerprint density at radius 2 is 1.92 bits per heavy atom. The number of nitro groups is 1. The monoisotopic (exact) mass is 358 g/mol. The highest BCUT2D eigenvalue weighted by Gasteiger charge is 2.24. The molecule has 0 saturated carbocycles. The van der Waals surface area contributed by atoms with Crippen LogP contribution in [0.4, 0.5) is 10.1 Å². The summed E-state index contributed by atoms with van der Waals surface area (Å²) in [6.07, 6.45) is 1.43. The van der Waals surface area contributed by atoms with Crippen LogP contribution in [-0.4, -0.2) is 28.2 Å². The summed E-state index contributed by atoms with van der Waals surface area (Å²) in [5.41, 5.74) is -0.0139. The second-order valence-corrected chi connectivity index (χ2v) is 5.43. The van der Waals surface area contributed by atoms with Gasteiger partial charge in [-0.2, -0.15) is 0 Å². The highest BCUT2D eigenvalue weighted by atomic mass is 19.1. The van der Waals surface area contributed by atoms with Gasteiger partial charge in [-0.3, -0.25) is 15.1 Å².